The minimum Gasteiger partial charge on any atom is -0.493 e. The topological polar surface area (TPSA) is 64.4 Å². The lowest BCUT2D eigenvalue weighted by molar-refractivity contribution is 0.102. The molecule has 2 heterocycles. The first kappa shape index (κ1) is 12.0. The van der Waals surface area contributed by atoms with Crippen LogP contribution in [0, 0.1) is 0 Å². The largest absolute Gasteiger partial charge is 0.493 e. The van der Waals surface area contributed by atoms with Crippen LogP contribution >= 0.6 is 0 Å². The molecule has 0 unspecified atom stereocenters. The van der Waals surface area contributed by atoms with Gasteiger partial charge in [-0.2, -0.15) is 0 Å². The second kappa shape index (κ2) is 4.63. The predicted molar refractivity (Wildman–Crippen MR) is 77.6 cm³/mol. The number of hydrogen-bond acceptors (Lipinski definition) is 4. The molecule has 1 N–H and O–H groups in total. The Morgan fingerprint density at radius 3 is 3.10 bits per heavy atom. The minimum atomic E-state index is -0.168. The molecule has 0 spiro atoms. The molecule has 1 aromatic heterocycles. The minimum absolute atomic E-state index is 0.168. The summed E-state index contributed by atoms with van der Waals surface area (Å²) in [6.07, 6.45) is 2.25. The summed E-state index contributed by atoms with van der Waals surface area (Å²) >= 11 is 0. The first-order valence-electron chi connectivity index (χ1n) is 6.70. The molecule has 0 saturated carbocycles. The van der Waals surface area contributed by atoms with Crippen molar-refractivity contribution in [3.63, 3.8) is 0 Å². The van der Waals surface area contributed by atoms with Crippen molar-refractivity contribution in [1.82, 2.24) is 4.98 Å². The highest BCUT2D eigenvalue weighted by molar-refractivity contribution is 6.05. The highest BCUT2D eigenvalue weighted by atomic mass is 16.5. The van der Waals surface area contributed by atoms with E-state index in [2.05, 4.69) is 10.3 Å². The van der Waals surface area contributed by atoms with Gasteiger partial charge in [0.1, 0.15) is 11.3 Å². The van der Waals surface area contributed by atoms with Crippen LogP contribution < -0.4 is 10.1 Å². The van der Waals surface area contributed by atoms with Gasteiger partial charge in [-0.1, -0.05) is 0 Å². The van der Waals surface area contributed by atoms with Crippen molar-refractivity contribution in [3.8, 4) is 5.75 Å². The van der Waals surface area contributed by atoms with Crippen molar-refractivity contribution in [3.05, 3.63) is 53.9 Å². The molecule has 3 aromatic rings. The molecular formula is C16H12N2O3. The fourth-order valence-electron chi connectivity index (χ4n) is 2.47. The lowest BCUT2D eigenvalue weighted by Gasteiger charge is -2.07. The Hall–Kier alpha value is -2.82. The number of hydrogen-bond donors (Lipinski definition) is 1. The van der Waals surface area contributed by atoms with Crippen molar-refractivity contribution in [2.75, 3.05) is 11.9 Å². The van der Waals surface area contributed by atoms with Gasteiger partial charge in [-0.3, -0.25) is 4.79 Å². The fraction of sp³-hybridized carbons (Fsp3) is 0.125. The van der Waals surface area contributed by atoms with Gasteiger partial charge in [0.2, 0.25) is 0 Å². The van der Waals surface area contributed by atoms with Gasteiger partial charge in [-0.05, 0) is 42.0 Å². The van der Waals surface area contributed by atoms with E-state index in [0.29, 0.717) is 23.3 Å². The summed E-state index contributed by atoms with van der Waals surface area (Å²) in [6, 6.07) is 10.9. The summed E-state index contributed by atoms with van der Waals surface area (Å²) in [5.74, 6) is 0.732. The first-order chi connectivity index (χ1) is 10.3. The molecule has 21 heavy (non-hydrogen) atoms. The zero-order valence-corrected chi connectivity index (χ0v) is 11.1. The molecule has 0 aliphatic carbocycles. The van der Waals surface area contributed by atoms with Gasteiger partial charge >= 0.3 is 0 Å². The molecule has 5 heteroatoms. The van der Waals surface area contributed by atoms with Crippen LogP contribution in [0.25, 0.3) is 11.1 Å². The number of benzene rings is 2. The maximum Gasteiger partial charge on any atom is 0.255 e. The number of amides is 1. The smallest absolute Gasteiger partial charge is 0.255 e. The van der Waals surface area contributed by atoms with Crippen molar-refractivity contribution >= 4 is 22.7 Å². The normalized spacial score (nSPS) is 13.0. The number of rotatable bonds is 2. The average molecular weight is 280 g/mol. The van der Waals surface area contributed by atoms with Crippen LogP contribution in [-0.2, 0) is 6.42 Å². The molecule has 5 nitrogen and oxygen atoms in total. The average Bonchev–Trinajstić information content (AvgIpc) is 3.14. The predicted octanol–water partition coefficient (Wildman–Crippen LogP) is 3.02. The van der Waals surface area contributed by atoms with Gasteiger partial charge in [0, 0.05) is 17.7 Å². The van der Waals surface area contributed by atoms with Crippen molar-refractivity contribution in [2.24, 2.45) is 0 Å². The van der Waals surface area contributed by atoms with Crippen LogP contribution in [0.3, 0.4) is 0 Å². The summed E-state index contributed by atoms with van der Waals surface area (Å²) in [5, 5.41) is 2.89. The van der Waals surface area contributed by atoms with Gasteiger partial charge in [0.25, 0.3) is 5.91 Å². The Labute approximate surface area is 120 Å². The Balaban J connectivity index is 1.60. The van der Waals surface area contributed by atoms with Crippen LogP contribution in [0.5, 0.6) is 5.75 Å². The monoisotopic (exact) mass is 280 g/mol. The number of carbonyl (C=O) groups excluding carboxylic acids is 1. The molecule has 4 rings (SSSR count). The third-order valence-corrected chi connectivity index (χ3v) is 3.54. The number of nitrogens with one attached hydrogen (secondary N) is 1. The summed E-state index contributed by atoms with van der Waals surface area (Å²) < 4.78 is 10.6. The lowest BCUT2D eigenvalue weighted by Crippen LogP contribution is -2.11. The highest BCUT2D eigenvalue weighted by Crippen LogP contribution is 2.28. The van der Waals surface area contributed by atoms with Crippen molar-refractivity contribution in [2.45, 2.75) is 6.42 Å². The first-order valence-corrected chi connectivity index (χ1v) is 6.70. The van der Waals surface area contributed by atoms with Crippen LogP contribution in [-0.4, -0.2) is 17.5 Å². The van der Waals surface area contributed by atoms with E-state index in [1.165, 1.54) is 6.39 Å². The zero-order chi connectivity index (χ0) is 14.2. The third kappa shape index (κ3) is 2.12. The number of fused-ring (bicyclic) bond motifs is 2. The number of aromatic nitrogens is 1. The molecule has 0 saturated heterocycles. The Bertz CT molecular complexity index is 838. The summed E-state index contributed by atoms with van der Waals surface area (Å²) in [7, 11) is 0. The van der Waals surface area contributed by atoms with E-state index >= 15 is 0 Å². The molecule has 0 bridgehead atoms. The number of ether oxygens (including phenoxy) is 1. The summed E-state index contributed by atoms with van der Waals surface area (Å²) in [6.45, 7) is 0.704. The number of nitrogens with zero attached hydrogens (tertiary/aromatic N) is 1. The van der Waals surface area contributed by atoms with Gasteiger partial charge < -0.3 is 14.5 Å². The molecule has 1 amide bonds. The van der Waals surface area contributed by atoms with E-state index in [9.17, 15) is 4.79 Å². The Kier molecular flexibility index (Phi) is 2.64. The quantitative estimate of drug-likeness (QED) is 0.783. The fourth-order valence-corrected chi connectivity index (χ4v) is 2.47. The van der Waals surface area contributed by atoms with Crippen LogP contribution in [0.4, 0.5) is 5.69 Å². The molecule has 2 aromatic carbocycles. The molecule has 0 radical (unpaired) electrons. The molecule has 1 aliphatic rings. The molecule has 1 aliphatic heterocycles. The number of anilines is 1. The third-order valence-electron chi connectivity index (χ3n) is 3.54. The van der Waals surface area contributed by atoms with E-state index in [-0.39, 0.29) is 5.91 Å². The van der Waals surface area contributed by atoms with E-state index in [1.54, 1.807) is 18.2 Å². The standard InChI is InChI=1S/C16H12N2O3/c19-16(11-1-3-15-13(8-11)17-9-21-15)18-12-2-4-14-10(7-12)5-6-20-14/h1-4,7-9H,5-6H2,(H,18,19). The van der Waals surface area contributed by atoms with E-state index in [0.717, 1.165) is 23.4 Å². The molecule has 0 fully saturated rings. The van der Waals surface area contributed by atoms with Gasteiger partial charge in [-0.25, -0.2) is 4.98 Å². The number of oxazole rings is 1. The molecule has 0 atom stereocenters. The van der Waals surface area contributed by atoms with Gasteiger partial charge in [-0.15, -0.1) is 0 Å². The second-order valence-electron chi connectivity index (χ2n) is 4.91. The van der Waals surface area contributed by atoms with Gasteiger partial charge in [0.15, 0.2) is 12.0 Å². The molecule has 104 valence electrons. The van der Waals surface area contributed by atoms with E-state index in [4.69, 9.17) is 9.15 Å². The van der Waals surface area contributed by atoms with Crippen molar-refractivity contribution in [1.29, 1.82) is 0 Å². The Morgan fingerprint density at radius 1 is 1.19 bits per heavy atom. The van der Waals surface area contributed by atoms with E-state index < -0.39 is 0 Å². The van der Waals surface area contributed by atoms with Gasteiger partial charge in [0.05, 0.1) is 6.61 Å². The summed E-state index contributed by atoms with van der Waals surface area (Å²) in [5.41, 5.74) is 3.78. The van der Waals surface area contributed by atoms with Crippen LogP contribution in [0.1, 0.15) is 15.9 Å². The SMILES string of the molecule is O=C(Nc1ccc2c(c1)CCO2)c1ccc2ocnc2c1. The number of carbonyl (C=O) groups is 1. The van der Waals surface area contributed by atoms with E-state index in [1.807, 2.05) is 18.2 Å². The maximum atomic E-state index is 12.3. The zero-order valence-electron chi connectivity index (χ0n) is 11.1. The second-order valence-corrected chi connectivity index (χ2v) is 4.91. The van der Waals surface area contributed by atoms with Crippen molar-refractivity contribution < 1.29 is 13.9 Å². The highest BCUT2D eigenvalue weighted by Gasteiger charge is 2.14. The maximum absolute atomic E-state index is 12.3. The van der Waals surface area contributed by atoms with Crippen LogP contribution in [0.15, 0.2) is 47.2 Å². The lowest BCUT2D eigenvalue weighted by atomic mass is 10.1. The summed E-state index contributed by atoms with van der Waals surface area (Å²) in [4.78, 5) is 16.3. The molecular weight excluding hydrogens is 268 g/mol. The Morgan fingerprint density at radius 2 is 2.14 bits per heavy atom. The van der Waals surface area contributed by atoms with Crippen LogP contribution in [0.2, 0.25) is 0 Å².